The van der Waals surface area contributed by atoms with Crippen molar-refractivity contribution in [1.29, 1.82) is 0 Å². The molecule has 1 aliphatic carbocycles. The molecule has 0 aromatic heterocycles. The summed E-state index contributed by atoms with van der Waals surface area (Å²) in [6.07, 6.45) is 3.12. The fourth-order valence-corrected chi connectivity index (χ4v) is 1.99. The lowest BCUT2D eigenvalue weighted by Crippen LogP contribution is -2.06. The minimum atomic E-state index is 0.288. The van der Waals surface area contributed by atoms with Gasteiger partial charge in [-0.15, -0.1) is 0 Å². The molecule has 0 unspecified atom stereocenters. The summed E-state index contributed by atoms with van der Waals surface area (Å²) in [5, 5.41) is 0. The molecular weight excluding hydrogens is 212 g/mol. The molecule has 1 aromatic carbocycles. The Bertz CT molecular complexity index is 431. The molecule has 1 saturated carbocycles. The van der Waals surface area contributed by atoms with Gasteiger partial charge in [0.1, 0.15) is 5.75 Å². The average Bonchev–Trinajstić information content (AvgIpc) is 3.13. The van der Waals surface area contributed by atoms with Crippen molar-refractivity contribution in [2.24, 2.45) is 5.92 Å². The van der Waals surface area contributed by atoms with Crippen molar-refractivity contribution < 1.29 is 9.53 Å². The first-order valence-corrected chi connectivity index (χ1v) is 6.41. The van der Waals surface area contributed by atoms with Gasteiger partial charge in [0.15, 0.2) is 5.78 Å². The Morgan fingerprint density at radius 2 is 2.00 bits per heavy atom. The van der Waals surface area contributed by atoms with Gasteiger partial charge in [-0.05, 0) is 56.4 Å². The third-order valence-corrected chi connectivity index (χ3v) is 3.20. The Morgan fingerprint density at radius 3 is 2.59 bits per heavy atom. The highest BCUT2D eigenvalue weighted by Crippen LogP contribution is 2.34. The van der Waals surface area contributed by atoms with Crippen LogP contribution < -0.4 is 4.74 Å². The quantitative estimate of drug-likeness (QED) is 0.724. The van der Waals surface area contributed by atoms with E-state index >= 15 is 0 Å². The summed E-state index contributed by atoms with van der Waals surface area (Å²) in [7, 11) is 0. The standard InChI is InChI=1S/C15H20O2/c1-4-7-17-14-9-10(2)13(8-11(14)3)15(16)12-5-6-12/h8-9,12H,4-7H2,1-3H3. The normalized spacial score (nSPS) is 14.8. The molecule has 0 radical (unpaired) electrons. The van der Waals surface area contributed by atoms with Crippen molar-refractivity contribution >= 4 is 5.78 Å². The molecule has 0 spiro atoms. The maximum atomic E-state index is 12.1. The lowest BCUT2D eigenvalue weighted by molar-refractivity contribution is 0.0967. The zero-order chi connectivity index (χ0) is 12.4. The lowest BCUT2D eigenvalue weighted by Gasteiger charge is -2.12. The molecule has 0 amide bonds. The summed E-state index contributed by atoms with van der Waals surface area (Å²) >= 11 is 0. The Balaban J connectivity index is 2.24. The van der Waals surface area contributed by atoms with Gasteiger partial charge >= 0.3 is 0 Å². The van der Waals surface area contributed by atoms with E-state index in [-0.39, 0.29) is 5.92 Å². The zero-order valence-corrected chi connectivity index (χ0v) is 10.9. The van der Waals surface area contributed by atoms with Gasteiger partial charge < -0.3 is 4.74 Å². The highest BCUT2D eigenvalue weighted by molar-refractivity contribution is 6.00. The van der Waals surface area contributed by atoms with E-state index in [0.717, 1.165) is 48.3 Å². The number of ketones is 1. The van der Waals surface area contributed by atoms with Crippen LogP contribution in [-0.4, -0.2) is 12.4 Å². The van der Waals surface area contributed by atoms with Gasteiger partial charge in [-0.2, -0.15) is 0 Å². The van der Waals surface area contributed by atoms with E-state index in [1.165, 1.54) is 0 Å². The lowest BCUT2D eigenvalue weighted by atomic mass is 9.99. The zero-order valence-electron chi connectivity index (χ0n) is 10.9. The summed E-state index contributed by atoms with van der Waals surface area (Å²) in [6, 6.07) is 3.99. The average molecular weight is 232 g/mol. The summed E-state index contributed by atoms with van der Waals surface area (Å²) in [5.74, 6) is 1.51. The van der Waals surface area contributed by atoms with Crippen LogP contribution in [0.3, 0.4) is 0 Å². The van der Waals surface area contributed by atoms with Crippen molar-refractivity contribution in [3.63, 3.8) is 0 Å². The number of benzene rings is 1. The number of ether oxygens (including phenoxy) is 1. The fraction of sp³-hybridized carbons (Fsp3) is 0.533. The summed E-state index contributed by atoms with van der Waals surface area (Å²) < 4.78 is 5.67. The third-order valence-electron chi connectivity index (χ3n) is 3.20. The first kappa shape index (κ1) is 12.2. The van der Waals surface area contributed by atoms with Gasteiger partial charge in [0.25, 0.3) is 0 Å². The molecule has 2 nitrogen and oxygen atoms in total. The third kappa shape index (κ3) is 2.68. The summed E-state index contributed by atoms with van der Waals surface area (Å²) in [5.41, 5.74) is 2.99. The molecule has 92 valence electrons. The Labute approximate surface area is 103 Å². The van der Waals surface area contributed by atoms with Crippen molar-refractivity contribution in [3.05, 3.63) is 28.8 Å². The number of aryl methyl sites for hydroxylation is 2. The van der Waals surface area contributed by atoms with Crippen LogP contribution in [0.25, 0.3) is 0 Å². The highest BCUT2D eigenvalue weighted by Gasteiger charge is 2.31. The number of carbonyl (C=O) groups excluding carboxylic acids is 1. The van der Waals surface area contributed by atoms with Crippen LogP contribution in [0.4, 0.5) is 0 Å². The second-order valence-corrected chi connectivity index (χ2v) is 4.92. The monoisotopic (exact) mass is 232 g/mol. The number of carbonyl (C=O) groups is 1. The van der Waals surface area contributed by atoms with Crippen LogP contribution in [-0.2, 0) is 0 Å². The number of rotatable bonds is 5. The summed E-state index contributed by atoms with van der Waals surface area (Å²) in [6.45, 7) is 6.82. The maximum Gasteiger partial charge on any atom is 0.166 e. The number of hydrogen-bond acceptors (Lipinski definition) is 2. The smallest absolute Gasteiger partial charge is 0.166 e. The van der Waals surface area contributed by atoms with Gasteiger partial charge in [-0.1, -0.05) is 6.92 Å². The van der Waals surface area contributed by atoms with E-state index in [1.807, 2.05) is 26.0 Å². The predicted octanol–water partition coefficient (Wildman–Crippen LogP) is 3.68. The molecular formula is C15H20O2. The Hall–Kier alpha value is -1.31. The molecule has 1 fully saturated rings. The Morgan fingerprint density at radius 1 is 1.29 bits per heavy atom. The van der Waals surface area contributed by atoms with Gasteiger partial charge in [0.2, 0.25) is 0 Å². The van der Waals surface area contributed by atoms with Gasteiger partial charge in [-0.3, -0.25) is 4.79 Å². The second kappa shape index (κ2) is 4.91. The van der Waals surface area contributed by atoms with E-state index in [9.17, 15) is 4.79 Å². The van der Waals surface area contributed by atoms with Crippen LogP contribution in [0.1, 0.15) is 47.7 Å². The Kier molecular flexibility index (Phi) is 3.51. The molecule has 1 aliphatic rings. The van der Waals surface area contributed by atoms with E-state index in [2.05, 4.69) is 6.92 Å². The van der Waals surface area contributed by atoms with Crippen molar-refractivity contribution in [1.82, 2.24) is 0 Å². The first-order chi connectivity index (χ1) is 8.13. The minimum Gasteiger partial charge on any atom is -0.493 e. The van der Waals surface area contributed by atoms with Crippen molar-refractivity contribution in [3.8, 4) is 5.75 Å². The number of Topliss-reactive ketones (excluding diaryl/α,β-unsaturated/α-hetero) is 1. The molecule has 2 rings (SSSR count). The molecule has 0 bridgehead atoms. The van der Waals surface area contributed by atoms with Crippen LogP contribution >= 0.6 is 0 Å². The molecule has 0 N–H and O–H groups in total. The maximum absolute atomic E-state index is 12.1. The van der Waals surface area contributed by atoms with E-state index in [4.69, 9.17) is 4.74 Å². The fourth-order valence-electron chi connectivity index (χ4n) is 1.99. The molecule has 1 aromatic rings. The SMILES string of the molecule is CCCOc1cc(C)c(C(=O)C2CC2)cc1C. The second-order valence-electron chi connectivity index (χ2n) is 4.92. The molecule has 17 heavy (non-hydrogen) atoms. The highest BCUT2D eigenvalue weighted by atomic mass is 16.5. The van der Waals surface area contributed by atoms with Gasteiger partial charge in [0, 0.05) is 11.5 Å². The molecule has 0 heterocycles. The van der Waals surface area contributed by atoms with Crippen LogP contribution in [0.5, 0.6) is 5.75 Å². The van der Waals surface area contributed by atoms with Crippen LogP contribution in [0.15, 0.2) is 12.1 Å². The van der Waals surface area contributed by atoms with Gasteiger partial charge in [0.05, 0.1) is 6.61 Å². The van der Waals surface area contributed by atoms with E-state index < -0.39 is 0 Å². The first-order valence-electron chi connectivity index (χ1n) is 6.41. The molecule has 2 heteroatoms. The summed E-state index contributed by atoms with van der Waals surface area (Å²) in [4.78, 5) is 12.1. The van der Waals surface area contributed by atoms with E-state index in [1.54, 1.807) is 0 Å². The van der Waals surface area contributed by atoms with Gasteiger partial charge in [-0.25, -0.2) is 0 Å². The van der Waals surface area contributed by atoms with Crippen molar-refractivity contribution in [2.45, 2.75) is 40.0 Å². The molecule has 0 atom stereocenters. The predicted molar refractivity (Wildman–Crippen MR) is 68.8 cm³/mol. The molecule has 0 saturated heterocycles. The van der Waals surface area contributed by atoms with Crippen molar-refractivity contribution in [2.75, 3.05) is 6.61 Å². The van der Waals surface area contributed by atoms with Crippen LogP contribution in [0.2, 0.25) is 0 Å². The van der Waals surface area contributed by atoms with Crippen LogP contribution in [0, 0.1) is 19.8 Å². The largest absolute Gasteiger partial charge is 0.493 e. The minimum absolute atomic E-state index is 0.288. The topological polar surface area (TPSA) is 26.3 Å². The number of hydrogen-bond donors (Lipinski definition) is 0. The molecule has 0 aliphatic heterocycles. The van der Waals surface area contributed by atoms with E-state index in [0.29, 0.717) is 5.78 Å².